The van der Waals surface area contributed by atoms with Crippen LogP contribution in [0.5, 0.6) is 5.75 Å². The van der Waals surface area contributed by atoms with Crippen molar-refractivity contribution >= 4 is 11.4 Å². The Balaban J connectivity index is 1.36. The van der Waals surface area contributed by atoms with E-state index in [0.29, 0.717) is 24.0 Å². The second kappa shape index (κ2) is 8.63. The molecule has 6 rings (SSSR count). The predicted molar refractivity (Wildman–Crippen MR) is 114 cm³/mol. The quantitative estimate of drug-likeness (QED) is 0.340. The number of H-pyrrole nitrogens is 1. The largest absolute Gasteiger partial charge is 0.504 e. The fourth-order valence-corrected chi connectivity index (χ4v) is 4.25. The molecule has 1 N–H and O–H groups in total. The van der Waals surface area contributed by atoms with Gasteiger partial charge in [-0.25, -0.2) is 9.50 Å². The van der Waals surface area contributed by atoms with Gasteiger partial charge >= 0.3 is 24.7 Å². The first kappa shape index (κ1) is 23.6. The second-order valence-electron chi connectivity index (χ2n) is 8.12. The first-order valence-electron chi connectivity index (χ1n) is 10.9. The highest BCUT2D eigenvalue weighted by molar-refractivity contribution is 5.90. The number of alkyl halides is 5. The smallest absolute Gasteiger partial charge is 0.433 e. The Morgan fingerprint density at radius 1 is 1.26 bits per heavy atom. The van der Waals surface area contributed by atoms with E-state index in [1.165, 1.54) is 40.1 Å². The lowest BCUT2D eigenvalue weighted by Gasteiger charge is -2.32. The average molecular weight is 535 g/mol. The molecule has 0 radical (unpaired) electrons. The number of carbonyl (C=O) groups excluding carboxylic acids is 1. The van der Waals surface area contributed by atoms with Crippen molar-refractivity contribution in [1.29, 1.82) is 0 Å². The van der Waals surface area contributed by atoms with Crippen molar-refractivity contribution in [3.8, 4) is 17.2 Å². The number of aromatic nitrogens is 8. The zero-order valence-electron chi connectivity index (χ0n) is 18.8. The number of halogens is 5. The number of pyridine rings is 1. The van der Waals surface area contributed by atoms with E-state index in [1.54, 1.807) is 0 Å². The number of amides is 1. The van der Waals surface area contributed by atoms with E-state index in [0.717, 1.165) is 11.9 Å². The third-order valence-electron chi connectivity index (χ3n) is 5.86. The van der Waals surface area contributed by atoms with E-state index in [2.05, 4.69) is 35.1 Å². The molecule has 1 aliphatic rings. The summed E-state index contributed by atoms with van der Waals surface area (Å²) >= 11 is 0. The minimum atomic E-state index is -4.74. The molecule has 5 aromatic heterocycles. The molecule has 1 atom stereocenters. The predicted octanol–water partition coefficient (Wildman–Crippen LogP) is 3.17. The lowest BCUT2D eigenvalue weighted by molar-refractivity contribution is -0.212. The van der Waals surface area contributed by atoms with Crippen LogP contribution in [0.1, 0.15) is 33.8 Å². The summed E-state index contributed by atoms with van der Waals surface area (Å²) in [5.74, 6) is -1.65. The number of nitrogens with zero attached hydrogens (tertiary/aromatic N) is 8. The van der Waals surface area contributed by atoms with Gasteiger partial charge in [0.15, 0.2) is 5.75 Å². The number of hydrogen-bond donors (Lipinski definition) is 1. The maximum atomic E-state index is 13.5. The standard InChI is InChI=1S/C21H14F5N9O3/c22-20(23)37-14-2-1-4-34-13(14)6-12(32-34)16-15-11(27-9-28-15)3-5-33(16)19(36)18-31-30-17(38-18)10-7-29-35(8-10)21(24,25)26/h1-2,4,6-9,16,20H,3,5H2,(H,27,28)/t16-/m1/s1. The summed E-state index contributed by atoms with van der Waals surface area (Å²) in [5.41, 5.74) is 1.61. The van der Waals surface area contributed by atoms with E-state index >= 15 is 0 Å². The van der Waals surface area contributed by atoms with Gasteiger partial charge in [-0.2, -0.15) is 23.7 Å². The van der Waals surface area contributed by atoms with Gasteiger partial charge in [0.25, 0.3) is 5.89 Å². The van der Waals surface area contributed by atoms with Gasteiger partial charge in [-0.15, -0.1) is 23.4 Å². The molecule has 0 aliphatic carbocycles. The Kier molecular flexibility index (Phi) is 5.35. The molecule has 0 fully saturated rings. The highest BCUT2D eigenvalue weighted by Crippen LogP contribution is 2.36. The van der Waals surface area contributed by atoms with Crippen LogP contribution in [0.2, 0.25) is 0 Å². The van der Waals surface area contributed by atoms with Gasteiger partial charge in [0.05, 0.1) is 29.5 Å². The molecule has 0 bridgehead atoms. The minimum absolute atomic E-state index is 0.113. The molecular weight excluding hydrogens is 521 g/mol. The Hall–Kier alpha value is -4.83. The molecule has 0 spiro atoms. The summed E-state index contributed by atoms with van der Waals surface area (Å²) in [6, 6.07) is 3.46. The third kappa shape index (κ3) is 4.00. The van der Waals surface area contributed by atoms with Crippen molar-refractivity contribution in [3.63, 3.8) is 0 Å². The number of aromatic amines is 1. The fourth-order valence-electron chi connectivity index (χ4n) is 4.25. The molecule has 12 nitrogen and oxygen atoms in total. The average Bonchev–Trinajstić information content (AvgIpc) is 3.66. The first-order valence-corrected chi connectivity index (χ1v) is 10.9. The maximum absolute atomic E-state index is 13.5. The first-order chi connectivity index (χ1) is 18.2. The summed E-state index contributed by atoms with van der Waals surface area (Å²) in [7, 11) is 0. The lowest BCUT2D eigenvalue weighted by atomic mass is 9.99. The second-order valence-corrected chi connectivity index (χ2v) is 8.12. The van der Waals surface area contributed by atoms with Gasteiger partial charge in [0.1, 0.15) is 11.6 Å². The molecule has 6 heterocycles. The van der Waals surface area contributed by atoms with E-state index < -0.39 is 30.8 Å². The summed E-state index contributed by atoms with van der Waals surface area (Å²) in [4.78, 5) is 22.2. The van der Waals surface area contributed by atoms with Crippen LogP contribution in [0, 0.1) is 0 Å². The maximum Gasteiger partial charge on any atom is 0.504 e. The third-order valence-corrected chi connectivity index (χ3v) is 5.86. The molecule has 196 valence electrons. The van der Waals surface area contributed by atoms with E-state index in [9.17, 15) is 26.7 Å². The van der Waals surface area contributed by atoms with Crippen molar-refractivity contribution in [2.45, 2.75) is 25.4 Å². The number of nitrogens with one attached hydrogen (secondary N) is 1. The van der Waals surface area contributed by atoms with Gasteiger partial charge in [-0.3, -0.25) is 4.79 Å². The van der Waals surface area contributed by atoms with E-state index in [1.807, 2.05) is 0 Å². The molecule has 5 aromatic rings. The van der Waals surface area contributed by atoms with Crippen LogP contribution in [0.3, 0.4) is 0 Å². The number of carbonyl (C=O) groups is 1. The number of rotatable bonds is 5. The van der Waals surface area contributed by atoms with Crippen molar-refractivity contribution in [1.82, 2.24) is 44.5 Å². The van der Waals surface area contributed by atoms with E-state index in [4.69, 9.17) is 4.42 Å². The molecular formula is C21H14F5N9O3. The highest BCUT2D eigenvalue weighted by Gasteiger charge is 2.39. The van der Waals surface area contributed by atoms with Crippen LogP contribution in [0.25, 0.3) is 17.0 Å². The number of fused-ring (bicyclic) bond motifs is 2. The number of hydrogen-bond acceptors (Lipinski definition) is 8. The Morgan fingerprint density at radius 3 is 2.87 bits per heavy atom. The minimum Gasteiger partial charge on any atom is -0.433 e. The van der Waals surface area contributed by atoms with Crippen molar-refractivity contribution < 1.29 is 35.9 Å². The van der Waals surface area contributed by atoms with Crippen LogP contribution in [0.4, 0.5) is 22.0 Å². The summed E-state index contributed by atoms with van der Waals surface area (Å²) in [5, 5.41) is 15.1. The van der Waals surface area contributed by atoms with Gasteiger partial charge in [0.2, 0.25) is 0 Å². The molecule has 0 unspecified atom stereocenters. The van der Waals surface area contributed by atoms with Crippen molar-refractivity contribution in [2.24, 2.45) is 0 Å². The topological polar surface area (TPSA) is 132 Å². The Morgan fingerprint density at radius 2 is 2.11 bits per heavy atom. The summed E-state index contributed by atoms with van der Waals surface area (Å²) in [6.07, 6.45) is 0.165. The molecule has 0 aromatic carbocycles. The zero-order valence-corrected chi connectivity index (χ0v) is 18.8. The van der Waals surface area contributed by atoms with Crippen LogP contribution in [-0.4, -0.2) is 63.5 Å². The van der Waals surface area contributed by atoms with Gasteiger partial charge < -0.3 is 19.0 Å². The van der Waals surface area contributed by atoms with Crippen LogP contribution in [0.15, 0.2) is 47.5 Å². The molecule has 38 heavy (non-hydrogen) atoms. The molecule has 17 heteroatoms. The van der Waals surface area contributed by atoms with Crippen LogP contribution < -0.4 is 4.74 Å². The SMILES string of the molecule is O=C(c1nnc(-c2cnn(C(F)(F)F)c2)o1)N1CCc2[nH]cnc2[C@H]1c1cc2c(OC(F)F)cccn2n1. The Bertz CT molecular complexity index is 1640. The molecule has 1 amide bonds. The monoisotopic (exact) mass is 535 g/mol. The van der Waals surface area contributed by atoms with Crippen molar-refractivity contribution in [3.05, 3.63) is 66.1 Å². The number of ether oxygens (including phenoxy) is 1. The van der Waals surface area contributed by atoms with Crippen LogP contribution in [-0.2, 0) is 12.7 Å². The van der Waals surface area contributed by atoms with Gasteiger partial charge in [0, 0.05) is 31.1 Å². The summed E-state index contributed by atoms with van der Waals surface area (Å²) in [6.45, 7) is -2.89. The number of imidazole rings is 1. The van der Waals surface area contributed by atoms with Gasteiger partial charge in [-0.1, -0.05) is 0 Å². The highest BCUT2D eigenvalue weighted by atomic mass is 19.4. The van der Waals surface area contributed by atoms with Gasteiger partial charge in [-0.05, 0) is 18.2 Å². The normalized spacial score (nSPS) is 15.8. The molecule has 0 saturated heterocycles. The van der Waals surface area contributed by atoms with E-state index in [-0.39, 0.29) is 33.9 Å². The molecule has 0 saturated carbocycles. The van der Waals surface area contributed by atoms with Crippen LogP contribution >= 0.6 is 0 Å². The fraction of sp³-hybridized carbons (Fsp3) is 0.238. The summed E-state index contributed by atoms with van der Waals surface area (Å²) < 4.78 is 75.5. The molecule has 1 aliphatic heterocycles. The Labute approximate surface area is 207 Å². The lowest BCUT2D eigenvalue weighted by Crippen LogP contribution is -2.41. The van der Waals surface area contributed by atoms with Crippen molar-refractivity contribution in [2.75, 3.05) is 6.54 Å². The zero-order chi connectivity index (χ0) is 26.6.